The van der Waals surface area contributed by atoms with Crippen LogP contribution in [0, 0.1) is 12.3 Å². The second-order valence-electron chi connectivity index (χ2n) is 8.14. The Morgan fingerprint density at radius 1 is 1.20 bits per heavy atom. The van der Waals surface area contributed by atoms with E-state index < -0.39 is 5.41 Å². The van der Waals surface area contributed by atoms with Crippen molar-refractivity contribution in [2.24, 2.45) is 5.41 Å². The Bertz CT molecular complexity index is 837. The number of ether oxygens (including phenoxy) is 2. The van der Waals surface area contributed by atoms with Crippen LogP contribution >= 0.6 is 0 Å². The van der Waals surface area contributed by atoms with Gasteiger partial charge in [0.1, 0.15) is 12.4 Å². The SMILES string of the molecule is CCOC(=O)[C@@]1(Cc2ccccc2C)CCCN(Cc2cccc(OCCO)c2)C1. The quantitative estimate of drug-likeness (QED) is 0.637. The third kappa shape index (κ3) is 5.61. The molecule has 1 N–H and O–H groups in total. The number of carbonyl (C=O) groups excluding carboxylic acids is 1. The molecule has 5 nitrogen and oxygen atoms in total. The lowest BCUT2D eigenvalue weighted by Gasteiger charge is -2.41. The second kappa shape index (κ2) is 10.6. The lowest BCUT2D eigenvalue weighted by atomic mass is 9.74. The zero-order valence-corrected chi connectivity index (χ0v) is 18.1. The maximum absolute atomic E-state index is 13.1. The van der Waals surface area contributed by atoms with Crippen LogP contribution in [0.15, 0.2) is 48.5 Å². The number of aryl methyl sites for hydroxylation is 1. The van der Waals surface area contributed by atoms with Crippen molar-refractivity contribution in [3.63, 3.8) is 0 Å². The van der Waals surface area contributed by atoms with Gasteiger partial charge in [0.25, 0.3) is 0 Å². The van der Waals surface area contributed by atoms with Gasteiger partial charge in [-0.3, -0.25) is 9.69 Å². The highest BCUT2D eigenvalue weighted by molar-refractivity contribution is 5.78. The number of benzene rings is 2. The first-order valence-corrected chi connectivity index (χ1v) is 10.8. The molecule has 0 unspecified atom stereocenters. The summed E-state index contributed by atoms with van der Waals surface area (Å²) in [4.78, 5) is 15.5. The van der Waals surface area contributed by atoms with Crippen LogP contribution in [0.25, 0.3) is 0 Å². The normalized spacial score (nSPS) is 19.4. The minimum atomic E-state index is -0.522. The molecule has 162 valence electrons. The average molecular weight is 412 g/mol. The summed E-state index contributed by atoms with van der Waals surface area (Å²) in [5, 5.41) is 8.97. The summed E-state index contributed by atoms with van der Waals surface area (Å²) in [6.45, 7) is 7.06. The first kappa shape index (κ1) is 22.3. The molecule has 1 heterocycles. The molecule has 0 aromatic heterocycles. The van der Waals surface area contributed by atoms with Crippen molar-refractivity contribution in [3.05, 3.63) is 65.2 Å². The number of piperidine rings is 1. The van der Waals surface area contributed by atoms with E-state index in [1.165, 1.54) is 11.1 Å². The van der Waals surface area contributed by atoms with Crippen LogP contribution in [0.2, 0.25) is 0 Å². The molecule has 30 heavy (non-hydrogen) atoms. The highest BCUT2D eigenvalue weighted by Crippen LogP contribution is 2.36. The molecular formula is C25H33NO4. The van der Waals surface area contributed by atoms with Gasteiger partial charge >= 0.3 is 5.97 Å². The molecule has 1 fully saturated rings. The van der Waals surface area contributed by atoms with Crippen LogP contribution < -0.4 is 4.74 Å². The summed E-state index contributed by atoms with van der Waals surface area (Å²) < 4.78 is 11.1. The van der Waals surface area contributed by atoms with Crippen LogP contribution in [-0.2, 0) is 22.5 Å². The monoisotopic (exact) mass is 411 g/mol. The van der Waals surface area contributed by atoms with Crippen LogP contribution in [0.5, 0.6) is 5.75 Å². The van der Waals surface area contributed by atoms with Crippen LogP contribution in [0.1, 0.15) is 36.5 Å². The van der Waals surface area contributed by atoms with E-state index in [-0.39, 0.29) is 19.2 Å². The second-order valence-corrected chi connectivity index (χ2v) is 8.14. The number of hydrogen-bond acceptors (Lipinski definition) is 5. The Hall–Kier alpha value is -2.37. The minimum absolute atomic E-state index is 0.00266. The Labute approximate surface area is 179 Å². The number of aliphatic hydroxyl groups excluding tert-OH is 1. The number of likely N-dealkylation sites (tertiary alicyclic amines) is 1. The molecule has 1 atom stereocenters. The fourth-order valence-corrected chi connectivity index (χ4v) is 4.36. The molecule has 1 saturated heterocycles. The zero-order chi connectivity index (χ0) is 21.4. The summed E-state index contributed by atoms with van der Waals surface area (Å²) in [6.07, 6.45) is 2.51. The van der Waals surface area contributed by atoms with E-state index in [0.29, 0.717) is 19.6 Å². The van der Waals surface area contributed by atoms with Crippen LogP contribution in [0.4, 0.5) is 0 Å². The van der Waals surface area contributed by atoms with Gasteiger partial charge in [0, 0.05) is 13.1 Å². The highest BCUT2D eigenvalue weighted by atomic mass is 16.5. The maximum Gasteiger partial charge on any atom is 0.313 e. The van der Waals surface area contributed by atoms with E-state index in [1.54, 1.807) is 0 Å². The molecular weight excluding hydrogens is 378 g/mol. The van der Waals surface area contributed by atoms with E-state index in [1.807, 2.05) is 37.3 Å². The lowest BCUT2D eigenvalue weighted by Crippen LogP contribution is -2.49. The predicted molar refractivity (Wildman–Crippen MR) is 117 cm³/mol. The molecule has 3 rings (SSSR count). The van der Waals surface area contributed by atoms with Gasteiger partial charge in [-0.25, -0.2) is 0 Å². The van der Waals surface area contributed by atoms with Gasteiger partial charge in [-0.2, -0.15) is 0 Å². The first-order valence-electron chi connectivity index (χ1n) is 10.8. The van der Waals surface area contributed by atoms with Crippen molar-refractivity contribution < 1.29 is 19.4 Å². The molecule has 0 spiro atoms. The number of hydrogen-bond donors (Lipinski definition) is 1. The number of aliphatic hydroxyl groups is 1. The molecule has 0 radical (unpaired) electrons. The predicted octanol–water partition coefficient (Wildman–Crippen LogP) is 3.75. The number of rotatable bonds is 9. The van der Waals surface area contributed by atoms with E-state index in [0.717, 1.165) is 37.2 Å². The van der Waals surface area contributed by atoms with Gasteiger partial charge < -0.3 is 14.6 Å². The molecule has 0 amide bonds. The topological polar surface area (TPSA) is 59.0 Å². The number of esters is 1. The van der Waals surface area contributed by atoms with Crippen molar-refractivity contribution in [1.29, 1.82) is 0 Å². The molecule has 0 saturated carbocycles. The number of carbonyl (C=O) groups is 1. The molecule has 5 heteroatoms. The average Bonchev–Trinajstić information content (AvgIpc) is 2.75. The molecule has 2 aromatic carbocycles. The molecule has 1 aliphatic rings. The maximum atomic E-state index is 13.1. The van der Waals surface area contributed by atoms with Gasteiger partial charge in [-0.15, -0.1) is 0 Å². The summed E-state index contributed by atoms with van der Waals surface area (Å²) in [7, 11) is 0. The van der Waals surface area contributed by atoms with E-state index >= 15 is 0 Å². The zero-order valence-electron chi connectivity index (χ0n) is 18.1. The van der Waals surface area contributed by atoms with Gasteiger partial charge in [-0.05, 0) is 68.5 Å². The lowest BCUT2D eigenvalue weighted by molar-refractivity contribution is -0.159. The Kier molecular flexibility index (Phi) is 7.88. The minimum Gasteiger partial charge on any atom is -0.491 e. The Morgan fingerprint density at radius 2 is 2.03 bits per heavy atom. The fourth-order valence-electron chi connectivity index (χ4n) is 4.36. The van der Waals surface area contributed by atoms with Gasteiger partial charge in [0.2, 0.25) is 0 Å². The van der Waals surface area contributed by atoms with Crippen molar-refractivity contribution >= 4 is 5.97 Å². The summed E-state index contributed by atoms with van der Waals surface area (Å²) in [5.41, 5.74) is 3.05. The molecule has 0 aliphatic carbocycles. The standard InChI is InChI=1S/C25H33NO4/c1-3-29-24(28)25(17-22-10-5-4-8-20(22)2)12-7-13-26(19-25)18-21-9-6-11-23(16-21)30-15-14-27/h4-6,8-11,16,27H,3,7,12-15,17-19H2,1-2H3/t25-/m1/s1. The van der Waals surface area contributed by atoms with Gasteiger partial charge in [-0.1, -0.05) is 36.4 Å². The van der Waals surface area contributed by atoms with Crippen molar-refractivity contribution in [1.82, 2.24) is 4.90 Å². The Morgan fingerprint density at radius 3 is 2.80 bits per heavy atom. The summed E-state index contributed by atoms with van der Waals surface area (Å²) >= 11 is 0. The summed E-state index contributed by atoms with van der Waals surface area (Å²) in [6, 6.07) is 16.3. The molecule has 2 aromatic rings. The van der Waals surface area contributed by atoms with Crippen LogP contribution in [0.3, 0.4) is 0 Å². The third-order valence-corrected chi connectivity index (χ3v) is 5.82. The largest absolute Gasteiger partial charge is 0.491 e. The number of nitrogens with zero attached hydrogens (tertiary/aromatic N) is 1. The first-order chi connectivity index (χ1) is 14.6. The summed E-state index contributed by atoms with van der Waals surface area (Å²) in [5.74, 6) is 0.674. The third-order valence-electron chi connectivity index (χ3n) is 5.82. The van der Waals surface area contributed by atoms with Crippen molar-refractivity contribution in [2.75, 3.05) is 32.9 Å². The van der Waals surface area contributed by atoms with Gasteiger partial charge in [0.15, 0.2) is 0 Å². The molecule has 0 bridgehead atoms. The Balaban J connectivity index is 1.78. The van der Waals surface area contributed by atoms with Crippen LogP contribution in [-0.4, -0.2) is 48.9 Å². The fraction of sp³-hybridized carbons (Fsp3) is 0.480. The van der Waals surface area contributed by atoms with E-state index in [2.05, 4.69) is 30.0 Å². The van der Waals surface area contributed by atoms with Gasteiger partial charge in [0.05, 0.1) is 18.6 Å². The van der Waals surface area contributed by atoms with E-state index in [4.69, 9.17) is 14.6 Å². The van der Waals surface area contributed by atoms with Crippen molar-refractivity contribution in [2.45, 2.75) is 39.7 Å². The highest BCUT2D eigenvalue weighted by Gasteiger charge is 2.43. The smallest absolute Gasteiger partial charge is 0.313 e. The molecule has 1 aliphatic heterocycles. The van der Waals surface area contributed by atoms with Crippen molar-refractivity contribution in [3.8, 4) is 5.75 Å². The van der Waals surface area contributed by atoms with E-state index in [9.17, 15) is 4.79 Å².